The molecule has 2 rings (SSSR count). The summed E-state index contributed by atoms with van der Waals surface area (Å²) >= 11 is 0. The number of benzene rings is 1. The zero-order chi connectivity index (χ0) is 11.8. The highest BCUT2D eigenvalue weighted by atomic mass is 16.5. The highest BCUT2D eigenvalue weighted by molar-refractivity contribution is 5.13. The minimum Gasteiger partial charge on any atom is -0.379 e. The van der Waals surface area contributed by atoms with Gasteiger partial charge in [-0.05, 0) is 30.9 Å². The Kier molecular flexibility index (Phi) is 5.53. The molecule has 0 unspecified atom stereocenters. The maximum atomic E-state index is 5.73. The molecule has 93 valence electrons. The van der Waals surface area contributed by atoms with Crippen LogP contribution in [-0.4, -0.2) is 25.9 Å². The Hall–Kier alpha value is -0.860. The molecule has 2 heteroatoms. The van der Waals surface area contributed by atoms with Crippen molar-refractivity contribution in [2.24, 2.45) is 0 Å². The Bertz CT molecular complexity index is 291. The van der Waals surface area contributed by atoms with Crippen molar-refractivity contribution in [1.29, 1.82) is 0 Å². The van der Waals surface area contributed by atoms with Crippen molar-refractivity contribution in [2.45, 2.75) is 38.2 Å². The van der Waals surface area contributed by atoms with E-state index in [0.717, 1.165) is 26.2 Å². The van der Waals surface area contributed by atoms with Gasteiger partial charge in [0, 0.05) is 0 Å². The van der Waals surface area contributed by atoms with Crippen molar-refractivity contribution < 1.29 is 9.47 Å². The summed E-state index contributed by atoms with van der Waals surface area (Å²) in [6.07, 6.45) is 6.61. The summed E-state index contributed by atoms with van der Waals surface area (Å²) in [7, 11) is 0. The topological polar surface area (TPSA) is 18.5 Å². The van der Waals surface area contributed by atoms with Gasteiger partial charge in [0.25, 0.3) is 0 Å². The SMILES string of the molecule is [c]1ccc(CCOCCOC2CCCC2)cc1. The summed E-state index contributed by atoms with van der Waals surface area (Å²) in [5.41, 5.74) is 1.31. The fraction of sp³-hybridized carbons (Fsp3) is 0.600. The largest absolute Gasteiger partial charge is 0.379 e. The second kappa shape index (κ2) is 7.46. The van der Waals surface area contributed by atoms with Crippen LogP contribution in [0.25, 0.3) is 0 Å². The van der Waals surface area contributed by atoms with Gasteiger partial charge in [-0.3, -0.25) is 0 Å². The zero-order valence-electron chi connectivity index (χ0n) is 10.4. The standard InChI is InChI=1S/C15H21O2/c1-2-6-14(7-3-1)10-11-16-12-13-17-15-8-4-5-9-15/h2-3,6-7,15H,4-5,8-13H2. The number of hydrogen-bond donors (Lipinski definition) is 0. The molecule has 1 saturated carbocycles. The van der Waals surface area contributed by atoms with Crippen LogP contribution in [0.3, 0.4) is 0 Å². The lowest BCUT2D eigenvalue weighted by molar-refractivity contribution is 0.00861. The molecule has 0 amide bonds. The number of rotatable bonds is 7. The molecule has 1 fully saturated rings. The first-order valence-corrected chi connectivity index (χ1v) is 6.59. The van der Waals surface area contributed by atoms with Gasteiger partial charge in [-0.15, -0.1) is 0 Å². The van der Waals surface area contributed by atoms with Crippen LogP contribution in [0.4, 0.5) is 0 Å². The molecule has 1 aliphatic carbocycles. The van der Waals surface area contributed by atoms with Gasteiger partial charge >= 0.3 is 0 Å². The van der Waals surface area contributed by atoms with E-state index in [1.807, 2.05) is 12.1 Å². The lowest BCUT2D eigenvalue weighted by Crippen LogP contribution is -2.13. The molecule has 1 aromatic carbocycles. The zero-order valence-corrected chi connectivity index (χ0v) is 10.4. The van der Waals surface area contributed by atoms with E-state index in [4.69, 9.17) is 9.47 Å². The molecule has 1 aliphatic rings. The molecule has 0 heterocycles. The summed E-state index contributed by atoms with van der Waals surface area (Å²) in [5, 5.41) is 0. The summed E-state index contributed by atoms with van der Waals surface area (Å²) in [6, 6.07) is 11.1. The van der Waals surface area contributed by atoms with Crippen LogP contribution < -0.4 is 0 Å². The van der Waals surface area contributed by atoms with Crippen molar-refractivity contribution in [2.75, 3.05) is 19.8 Å². The van der Waals surface area contributed by atoms with E-state index in [9.17, 15) is 0 Å². The highest BCUT2D eigenvalue weighted by Gasteiger charge is 2.14. The molecule has 2 nitrogen and oxygen atoms in total. The summed E-state index contributed by atoms with van der Waals surface area (Å²) in [5.74, 6) is 0. The van der Waals surface area contributed by atoms with Crippen LogP contribution in [0.2, 0.25) is 0 Å². The van der Waals surface area contributed by atoms with Gasteiger partial charge in [0.1, 0.15) is 0 Å². The van der Waals surface area contributed by atoms with Crippen LogP contribution in [-0.2, 0) is 15.9 Å². The second-order valence-corrected chi connectivity index (χ2v) is 4.55. The monoisotopic (exact) mass is 233 g/mol. The van der Waals surface area contributed by atoms with Crippen molar-refractivity contribution in [3.8, 4) is 0 Å². The van der Waals surface area contributed by atoms with Crippen molar-refractivity contribution in [1.82, 2.24) is 0 Å². The van der Waals surface area contributed by atoms with Crippen LogP contribution >= 0.6 is 0 Å². The summed E-state index contributed by atoms with van der Waals surface area (Å²) in [6.45, 7) is 2.24. The van der Waals surface area contributed by atoms with Crippen LogP contribution in [0, 0.1) is 6.07 Å². The minimum atomic E-state index is 0.503. The third-order valence-electron chi connectivity index (χ3n) is 3.21. The first-order valence-electron chi connectivity index (χ1n) is 6.59. The molecule has 0 atom stereocenters. The van der Waals surface area contributed by atoms with Crippen molar-refractivity contribution in [3.63, 3.8) is 0 Å². The molecule has 0 N–H and O–H groups in total. The van der Waals surface area contributed by atoms with Gasteiger partial charge in [-0.1, -0.05) is 37.1 Å². The van der Waals surface area contributed by atoms with Gasteiger partial charge < -0.3 is 9.47 Å². The van der Waals surface area contributed by atoms with Gasteiger partial charge in [0.05, 0.1) is 25.9 Å². The Labute approximate surface area is 104 Å². The molecule has 0 saturated heterocycles. The van der Waals surface area contributed by atoms with Gasteiger partial charge in [-0.25, -0.2) is 0 Å². The van der Waals surface area contributed by atoms with Gasteiger partial charge in [0.15, 0.2) is 0 Å². The quantitative estimate of drug-likeness (QED) is 0.674. The summed E-state index contributed by atoms with van der Waals surface area (Å²) in [4.78, 5) is 0. The van der Waals surface area contributed by atoms with Crippen molar-refractivity contribution in [3.05, 3.63) is 35.9 Å². The van der Waals surface area contributed by atoms with Crippen molar-refractivity contribution >= 4 is 0 Å². The number of ether oxygens (including phenoxy) is 2. The van der Waals surface area contributed by atoms with E-state index in [0.29, 0.717) is 6.10 Å². The Balaban J connectivity index is 1.46. The molecule has 1 aromatic rings. The lowest BCUT2D eigenvalue weighted by atomic mass is 10.2. The third-order valence-corrected chi connectivity index (χ3v) is 3.21. The third kappa shape index (κ3) is 4.88. The van der Waals surface area contributed by atoms with E-state index >= 15 is 0 Å². The predicted octanol–water partition coefficient (Wildman–Crippen LogP) is 3.01. The smallest absolute Gasteiger partial charge is 0.0704 e. The average Bonchev–Trinajstić information content (AvgIpc) is 2.88. The fourth-order valence-electron chi connectivity index (χ4n) is 2.21. The lowest BCUT2D eigenvalue weighted by Gasteiger charge is -2.11. The molecule has 17 heavy (non-hydrogen) atoms. The maximum absolute atomic E-state index is 5.73. The minimum absolute atomic E-state index is 0.503. The molecule has 0 aromatic heterocycles. The Morgan fingerprint density at radius 1 is 1.06 bits per heavy atom. The van der Waals surface area contributed by atoms with Gasteiger partial charge in [0.2, 0.25) is 0 Å². The Morgan fingerprint density at radius 2 is 1.82 bits per heavy atom. The molecule has 0 bridgehead atoms. The molecular weight excluding hydrogens is 212 g/mol. The van der Waals surface area contributed by atoms with E-state index in [1.54, 1.807) is 0 Å². The average molecular weight is 233 g/mol. The van der Waals surface area contributed by atoms with Gasteiger partial charge in [-0.2, -0.15) is 0 Å². The van der Waals surface area contributed by atoms with Crippen LogP contribution in [0.15, 0.2) is 24.3 Å². The molecule has 0 aliphatic heterocycles. The first kappa shape index (κ1) is 12.6. The molecule has 0 spiro atoms. The van der Waals surface area contributed by atoms with Crippen LogP contribution in [0.1, 0.15) is 31.2 Å². The fourth-order valence-corrected chi connectivity index (χ4v) is 2.21. The second-order valence-electron chi connectivity index (χ2n) is 4.55. The highest BCUT2D eigenvalue weighted by Crippen LogP contribution is 2.20. The normalized spacial score (nSPS) is 16.5. The molecule has 1 radical (unpaired) electrons. The first-order chi connectivity index (χ1) is 8.45. The van der Waals surface area contributed by atoms with Crippen LogP contribution in [0.5, 0.6) is 0 Å². The van der Waals surface area contributed by atoms with E-state index in [2.05, 4.69) is 18.2 Å². The maximum Gasteiger partial charge on any atom is 0.0704 e. The molecular formula is C15H21O2. The van der Waals surface area contributed by atoms with E-state index < -0.39 is 0 Å². The Morgan fingerprint density at radius 3 is 2.59 bits per heavy atom. The summed E-state index contributed by atoms with van der Waals surface area (Å²) < 4.78 is 11.3. The van der Waals surface area contributed by atoms with E-state index in [1.165, 1.54) is 31.2 Å². The van der Waals surface area contributed by atoms with E-state index in [-0.39, 0.29) is 0 Å². The number of hydrogen-bond acceptors (Lipinski definition) is 2. The predicted molar refractivity (Wildman–Crippen MR) is 68.0 cm³/mol.